The van der Waals surface area contributed by atoms with Crippen LogP contribution in [0, 0.1) is 5.92 Å². The molecule has 0 aromatic rings. The second-order valence-corrected chi connectivity index (χ2v) is 3.66. The van der Waals surface area contributed by atoms with E-state index in [-0.39, 0.29) is 11.0 Å². The number of rotatable bonds is 1. The fourth-order valence-corrected chi connectivity index (χ4v) is 1.16. The van der Waals surface area contributed by atoms with E-state index in [1.807, 2.05) is 0 Å². The predicted octanol–water partition coefficient (Wildman–Crippen LogP) is 1.12. The highest BCUT2D eigenvalue weighted by molar-refractivity contribution is 4.67. The smallest absolute Gasteiger partial charge is 0.000445 e. The topological polar surface area (TPSA) is 66.2 Å². The lowest BCUT2D eigenvalue weighted by Crippen LogP contribution is -2.12. The molecule has 3 heteroatoms. The number of hydrogen-bond donors (Lipinski definition) is 0. The Morgan fingerprint density at radius 3 is 1.69 bits per heavy atom. The zero-order valence-electron chi connectivity index (χ0n) is 9.56. The minimum Gasteiger partial charge on any atom is -0.412 e. The first-order valence-corrected chi connectivity index (χ1v) is 4.89. The van der Waals surface area contributed by atoms with Gasteiger partial charge in [0.1, 0.15) is 0 Å². The Morgan fingerprint density at radius 1 is 1.15 bits per heavy atom. The minimum atomic E-state index is 0. The van der Waals surface area contributed by atoms with Gasteiger partial charge in [-0.2, -0.15) is 0 Å². The lowest BCUT2D eigenvalue weighted by atomic mass is 10.2. The maximum absolute atomic E-state index is 2.38. The molecule has 0 bridgehead atoms. The van der Waals surface area contributed by atoms with Gasteiger partial charge in [0.05, 0.1) is 0 Å². The van der Waals surface area contributed by atoms with Crippen molar-refractivity contribution in [3.05, 3.63) is 0 Å². The van der Waals surface area contributed by atoms with E-state index < -0.39 is 0 Å². The zero-order chi connectivity index (χ0) is 8.69. The van der Waals surface area contributed by atoms with Crippen molar-refractivity contribution in [3.63, 3.8) is 0 Å². The summed E-state index contributed by atoms with van der Waals surface area (Å²) >= 11 is 0. The van der Waals surface area contributed by atoms with Crippen molar-refractivity contribution in [2.24, 2.45) is 5.92 Å². The van der Waals surface area contributed by atoms with Crippen LogP contribution in [0.25, 0.3) is 0 Å². The Kier molecular flexibility index (Phi) is 17.0. The Morgan fingerprint density at radius 2 is 1.62 bits per heavy atom. The van der Waals surface area contributed by atoms with Crippen molar-refractivity contribution in [2.75, 3.05) is 20.1 Å². The maximum Gasteiger partial charge on any atom is 0.000445 e. The molecular formula is C10H27NO2. The fraction of sp³-hybridized carbons (Fsp3) is 1.00. The summed E-state index contributed by atoms with van der Waals surface area (Å²) in [5, 5.41) is 0. The number of nitrogens with zero attached hydrogens (tertiary/aromatic N) is 1. The van der Waals surface area contributed by atoms with Crippen LogP contribution >= 0.6 is 0 Å². The standard InChI is InChI=1S/C6H13N.C4H10.2H2O/c1-6-3-4-7(2)5-6;1-3-4-2;;/h6H,3-5H2,1-2H3;3-4H2,1-2H3;2*1H2. The lowest BCUT2D eigenvalue weighted by molar-refractivity contribution is 0.402. The van der Waals surface area contributed by atoms with Gasteiger partial charge in [-0.1, -0.05) is 33.6 Å². The summed E-state index contributed by atoms with van der Waals surface area (Å²) in [4.78, 5) is 2.38. The van der Waals surface area contributed by atoms with Gasteiger partial charge in [-0.15, -0.1) is 0 Å². The molecule has 3 nitrogen and oxygen atoms in total. The van der Waals surface area contributed by atoms with Gasteiger partial charge in [0.15, 0.2) is 0 Å². The monoisotopic (exact) mass is 193 g/mol. The highest BCUT2D eigenvalue weighted by atomic mass is 16.0. The first-order valence-electron chi connectivity index (χ1n) is 4.89. The van der Waals surface area contributed by atoms with Crippen LogP contribution in [0.5, 0.6) is 0 Å². The zero-order valence-corrected chi connectivity index (χ0v) is 9.56. The third-order valence-electron chi connectivity index (χ3n) is 2.13. The number of unbranched alkanes of at least 4 members (excludes halogenated alkanes) is 1. The molecule has 4 N–H and O–H groups in total. The van der Waals surface area contributed by atoms with Crippen LogP contribution in [0.3, 0.4) is 0 Å². The van der Waals surface area contributed by atoms with Crippen molar-refractivity contribution in [1.29, 1.82) is 0 Å². The molecule has 1 saturated heterocycles. The van der Waals surface area contributed by atoms with Gasteiger partial charge in [0.2, 0.25) is 0 Å². The van der Waals surface area contributed by atoms with E-state index in [9.17, 15) is 0 Å². The molecule has 0 spiro atoms. The molecular weight excluding hydrogens is 166 g/mol. The van der Waals surface area contributed by atoms with Gasteiger partial charge in [-0.3, -0.25) is 0 Å². The molecule has 1 aliphatic rings. The summed E-state index contributed by atoms with van der Waals surface area (Å²) in [6.45, 7) is 9.28. The molecule has 0 aromatic carbocycles. The molecule has 84 valence electrons. The Labute approximate surface area is 82.7 Å². The van der Waals surface area contributed by atoms with E-state index in [4.69, 9.17) is 0 Å². The van der Waals surface area contributed by atoms with Crippen LogP contribution in [0.2, 0.25) is 0 Å². The van der Waals surface area contributed by atoms with Crippen molar-refractivity contribution < 1.29 is 11.0 Å². The van der Waals surface area contributed by atoms with Crippen LogP contribution in [0.4, 0.5) is 0 Å². The normalized spacial score (nSPS) is 20.8. The average Bonchev–Trinajstić information content (AvgIpc) is 2.35. The van der Waals surface area contributed by atoms with E-state index in [0.717, 1.165) is 5.92 Å². The molecule has 13 heavy (non-hydrogen) atoms. The van der Waals surface area contributed by atoms with Crippen molar-refractivity contribution in [1.82, 2.24) is 4.90 Å². The third-order valence-corrected chi connectivity index (χ3v) is 2.13. The van der Waals surface area contributed by atoms with Crippen molar-refractivity contribution in [2.45, 2.75) is 40.0 Å². The van der Waals surface area contributed by atoms with E-state index in [1.54, 1.807) is 0 Å². The molecule has 1 fully saturated rings. The van der Waals surface area contributed by atoms with Crippen LogP contribution in [-0.4, -0.2) is 36.0 Å². The summed E-state index contributed by atoms with van der Waals surface area (Å²) in [7, 11) is 2.18. The Bertz CT molecular complexity index is 79.0. The molecule has 1 aliphatic heterocycles. The van der Waals surface area contributed by atoms with Gasteiger partial charge in [-0.25, -0.2) is 0 Å². The third kappa shape index (κ3) is 11.9. The first-order chi connectivity index (χ1) is 5.20. The van der Waals surface area contributed by atoms with E-state index in [0.29, 0.717) is 0 Å². The summed E-state index contributed by atoms with van der Waals surface area (Å²) in [5.74, 6) is 0.949. The molecule has 0 aliphatic carbocycles. The van der Waals surface area contributed by atoms with Crippen LogP contribution in [0.1, 0.15) is 40.0 Å². The number of likely N-dealkylation sites (tertiary alicyclic amines) is 1. The van der Waals surface area contributed by atoms with E-state index in [2.05, 4.69) is 32.7 Å². The Balaban J connectivity index is -0.000000150. The summed E-state index contributed by atoms with van der Waals surface area (Å²) in [6, 6.07) is 0. The summed E-state index contributed by atoms with van der Waals surface area (Å²) < 4.78 is 0. The molecule has 0 saturated carbocycles. The Hall–Kier alpha value is -0.120. The molecule has 0 radical (unpaired) electrons. The predicted molar refractivity (Wildman–Crippen MR) is 59.1 cm³/mol. The molecule has 0 aromatic heterocycles. The lowest BCUT2D eigenvalue weighted by Gasteiger charge is -2.03. The largest absolute Gasteiger partial charge is 0.412 e. The maximum atomic E-state index is 2.38. The average molecular weight is 193 g/mol. The van der Waals surface area contributed by atoms with Gasteiger partial charge < -0.3 is 15.9 Å². The molecule has 1 heterocycles. The molecule has 1 unspecified atom stereocenters. The van der Waals surface area contributed by atoms with Crippen molar-refractivity contribution >= 4 is 0 Å². The van der Waals surface area contributed by atoms with Gasteiger partial charge in [-0.05, 0) is 25.9 Å². The van der Waals surface area contributed by atoms with Gasteiger partial charge in [0, 0.05) is 6.54 Å². The van der Waals surface area contributed by atoms with Crippen molar-refractivity contribution in [3.8, 4) is 0 Å². The molecule has 0 amide bonds. The van der Waals surface area contributed by atoms with Crippen LogP contribution in [-0.2, 0) is 0 Å². The SMILES string of the molecule is CC1CCN(C)C1.CCCC.O.O. The van der Waals surface area contributed by atoms with Crippen LogP contribution < -0.4 is 0 Å². The van der Waals surface area contributed by atoms with E-state index >= 15 is 0 Å². The quantitative estimate of drug-likeness (QED) is 0.615. The van der Waals surface area contributed by atoms with Crippen LogP contribution in [0.15, 0.2) is 0 Å². The second-order valence-electron chi connectivity index (χ2n) is 3.66. The summed E-state index contributed by atoms with van der Waals surface area (Å²) in [5.41, 5.74) is 0. The fourth-order valence-electron chi connectivity index (χ4n) is 1.16. The highest BCUT2D eigenvalue weighted by Gasteiger charge is 2.13. The van der Waals surface area contributed by atoms with E-state index in [1.165, 1.54) is 32.4 Å². The molecule has 1 atom stereocenters. The molecule has 1 rings (SSSR count). The highest BCUT2D eigenvalue weighted by Crippen LogP contribution is 2.11. The first kappa shape index (κ1) is 18.6. The second kappa shape index (κ2) is 11.9. The summed E-state index contributed by atoms with van der Waals surface area (Å²) in [6.07, 6.45) is 4.04. The minimum absolute atomic E-state index is 0. The number of hydrogen-bond acceptors (Lipinski definition) is 1. The van der Waals surface area contributed by atoms with Gasteiger partial charge >= 0.3 is 0 Å². The van der Waals surface area contributed by atoms with Gasteiger partial charge in [0.25, 0.3) is 0 Å².